The fourth-order valence-corrected chi connectivity index (χ4v) is 3.54. The van der Waals surface area contributed by atoms with Gasteiger partial charge in [-0.15, -0.1) is 0 Å². The maximum atomic E-state index is 13.2. The fourth-order valence-electron chi connectivity index (χ4n) is 3.54. The third kappa shape index (κ3) is 4.83. The quantitative estimate of drug-likeness (QED) is 0.559. The Hall–Kier alpha value is -3.46. The van der Waals surface area contributed by atoms with Gasteiger partial charge < -0.3 is 16.4 Å². The molecule has 0 saturated carbocycles. The topological polar surface area (TPSA) is 92.9 Å². The minimum atomic E-state index is -4.42. The van der Waals surface area contributed by atoms with Gasteiger partial charge in [-0.25, -0.2) is 4.98 Å². The minimum Gasteiger partial charge on any atom is -0.367 e. The number of benzene rings is 2. The Morgan fingerprint density at radius 1 is 1.16 bits per heavy atom. The number of carbonyl (C=O) groups excluding carboxylic acids is 1. The summed E-state index contributed by atoms with van der Waals surface area (Å²) in [6.45, 7) is 0.229. The molecule has 0 saturated heterocycles. The number of hydrogen-bond donors (Lipinski definition) is 3. The van der Waals surface area contributed by atoms with Crippen LogP contribution in [0.3, 0.4) is 0 Å². The van der Waals surface area contributed by atoms with E-state index in [1.165, 1.54) is 18.3 Å². The van der Waals surface area contributed by atoms with Crippen molar-refractivity contribution in [3.05, 3.63) is 71.5 Å². The van der Waals surface area contributed by atoms with E-state index in [-0.39, 0.29) is 24.4 Å². The van der Waals surface area contributed by atoms with Crippen molar-refractivity contribution in [2.24, 2.45) is 5.73 Å². The van der Waals surface area contributed by atoms with Crippen molar-refractivity contribution in [1.82, 2.24) is 9.97 Å². The highest BCUT2D eigenvalue weighted by atomic mass is 19.4. The zero-order valence-corrected chi connectivity index (χ0v) is 16.4. The van der Waals surface area contributed by atoms with Crippen LogP contribution < -0.4 is 16.4 Å². The van der Waals surface area contributed by atoms with Gasteiger partial charge in [0, 0.05) is 23.8 Å². The maximum absolute atomic E-state index is 13.2. The molecule has 31 heavy (non-hydrogen) atoms. The summed E-state index contributed by atoms with van der Waals surface area (Å²) in [5.74, 6) is 0.418. The summed E-state index contributed by atoms with van der Waals surface area (Å²) in [6, 6.07) is 10.4. The number of rotatable bonds is 6. The lowest BCUT2D eigenvalue weighted by molar-refractivity contribution is -0.138. The lowest BCUT2D eigenvalue weighted by Gasteiger charge is -2.17. The predicted molar refractivity (Wildman–Crippen MR) is 111 cm³/mol. The van der Waals surface area contributed by atoms with Gasteiger partial charge in [0.25, 0.3) is 0 Å². The van der Waals surface area contributed by atoms with Crippen LogP contribution in [0.4, 0.5) is 24.7 Å². The normalized spacial score (nSPS) is 14.1. The number of nitrogens with two attached hydrogens (primary N) is 1. The number of halogens is 3. The Morgan fingerprint density at radius 3 is 2.77 bits per heavy atom. The van der Waals surface area contributed by atoms with Crippen molar-refractivity contribution >= 4 is 17.4 Å². The molecule has 0 radical (unpaired) electrons. The van der Waals surface area contributed by atoms with Gasteiger partial charge in [0.15, 0.2) is 0 Å². The molecule has 3 aromatic rings. The lowest BCUT2D eigenvalue weighted by atomic mass is 10.00. The average molecular weight is 427 g/mol. The summed E-state index contributed by atoms with van der Waals surface area (Å²) < 4.78 is 39.5. The van der Waals surface area contributed by atoms with Crippen molar-refractivity contribution in [3.8, 4) is 11.3 Å². The number of aromatic nitrogens is 2. The van der Waals surface area contributed by atoms with Crippen LogP contribution in [-0.2, 0) is 23.8 Å². The molecule has 1 aromatic heterocycles. The van der Waals surface area contributed by atoms with Crippen LogP contribution in [0.25, 0.3) is 11.3 Å². The van der Waals surface area contributed by atoms with Gasteiger partial charge in [-0.3, -0.25) is 9.78 Å². The smallest absolute Gasteiger partial charge is 0.367 e. The van der Waals surface area contributed by atoms with E-state index in [0.29, 0.717) is 17.9 Å². The third-order valence-corrected chi connectivity index (χ3v) is 5.01. The van der Waals surface area contributed by atoms with Crippen LogP contribution in [-0.4, -0.2) is 28.5 Å². The summed E-state index contributed by atoms with van der Waals surface area (Å²) in [7, 11) is 0. The largest absolute Gasteiger partial charge is 0.416 e. The summed E-state index contributed by atoms with van der Waals surface area (Å²) in [5, 5.41) is 5.83. The summed E-state index contributed by atoms with van der Waals surface area (Å²) in [6.07, 6.45) is -0.890. The zero-order chi connectivity index (χ0) is 22.0. The van der Waals surface area contributed by atoms with E-state index in [1.54, 1.807) is 12.3 Å². The lowest BCUT2D eigenvalue weighted by Crippen LogP contribution is -2.32. The second-order valence-electron chi connectivity index (χ2n) is 7.39. The van der Waals surface area contributed by atoms with Gasteiger partial charge in [-0.2, -0.15) is 13.2 Å². The Bertz CT molecular complexity index is 1120. The first kappa shape index (κ1) is 20.8. The molecule has 1 unspecified atom stereocenters. The van der Waals surface area contributed by atoms with Crippen molar-refractivity contribution in [1.29, 1.82) is 0 Å². The molecular weight excluding hydrogens is 407 g/mol. The molecular formula is C22H20F3N5O. The first-order valence-corrected chi connectivity index (χ1v) is 9.69. The Morgan fingerprint density at radius 2 is 1.97 bits per heavy atom. The van der Waals surface area contributed by atoms with Gasteiger partial charge in [0.1, 0.15) is 5.82 Å². The van der Waals surface area contributed by atoms with Crippen molar-refractivity contribution < 1.29 is 18.0 Å². The van der Waals surface area contributed by atoms with E-state index >= 15 is 0 Å². The number of anilines is 2. The standard InChI is InChI=1S/C22H20F3N5O/c23-22(24,25)17-4-2-1-3-13(17)8-16(26)10-28-20-12-27-11-19(29-20)14-5-6-18-15(7-14)9-21(31)30-18/h1-7,11-12,16H,8-10,26H2,(H,28,29)(H,30,31). The summed E-state index contributed by atoms with van der Waals surface area (Å²) in [4.78, 5) is 20.2. The van der Waals surface area contributed by atoms with Crippen LogP contribution in [0.2, 0.25) is 0 Å². The van der Waals surface area contributed by atoms with Crippen molar-refractivity contribution in [2.45, 2.75) is 25.1 Å². The predicted octanol–water partition coefficient (Wildman–Crippen LogP) is 3.64. The number of carbonyl (C=O) groups is 1. The number of alkyl halides is 3. The molecule has 0 bridgehead atoms. The molecule has 1 aliphatic heterocycles. The third-order valence-electron chi connectivity index (χ3n) is 5.01. The molecule has 1 atom stereocenters. The Kier molecular flexibility index (Phi) is 5.60. The van der Waals surface area contributed by atoms with Gasteiger partial charge in [0.2, 0.25) is 5.91 Å². The average Bonchev–Trinajstić information content (AvgIpc) is 3.11. The van der Waals surface area contributed by atoms with E-state index in [2.05, 4.69) is 20.6 Å². The molecule has 1 amide bonds. The summed E-state index contributed by atoms with van der Waals surface area (Å²) in [5.41, 5.74) is 8.68. The molecule has 0 fully saturated rings. The highest BCUT2D eigenvalue weighted by Crippen LogP contribution is 2.32. The van der Waals surface area contributed by atoms with Crippen LogP contribution in [0.5, 0.6) is 0 Å². The van der Waals surface area contributed by atoms with E-state index in [9.17, 15) is 18.0 Å². The Labute approximate surface area is 176 Å². The Balaban J connectivity index is 1.42. The highest BCUT2D eigenvalue weighted by Gasteiger charge is 2.33. The van der Waals surface area contributed by atoms with Gasteiger partial charge in [0.05, 0.1) is 30.1 Å². The maximum Gasteiger partial charge on any atom is 0.416 e. The van der Waals surface area contributed by atoms with Crippen LogP contribution in [0.1, 0.15) is 16.7 Å². The fraction of sp³-hybridized carbons (Fsp3) is 0.227. The van der Waals surface area contributed by atoms with Gasteiger partial charge in [-0.1, -0.05) is 24.3 Å². The molecule has 1 aliphatic rings. The molecule has 2 aromatic carbocycles. The number of nitrogens with one attached hydrogen (secondary N) is 2. The highest BCUT2D eigenvalue weighted by molar-refractivity contribution is 5.99. The zero-order valence-electron chi connectivity index (χ0n) is 16.4. The van der Waals surface area contributed by atoms with E-state index in [4.69, 9.17) is 5.73 Å². The van der Waals surface area contributed by atoms with Crippen molar-refractivity contribution in [3.63, 3.8) is 0 Å². The number of nitrogens with zero attached hydrogens (tertiary/aromatic N) is 2. The van der Waals surface area contributed by atoms with E-state index in [0.717, 1.165) is 22.9 Å². The monoisotopic (exact) mass is 427 g/mol. The summed E-state index contributed by atoms with van der Waals surface area (Å²) >= 11 is 0. The first-order valence-electron chi connectivity index (χ1n) is 9.69. The van der Waals surface area contributed by atoms with Crippen LogP contribution in [0, 0.1) is 0 Å². The molecule has 0 spiro atoms. The minimum absolute atomic E-state index is 0.0465. The second-order valence-corrected chi connectivity index (χ2v) is 7.39. The molecule has 160 valence electrons. The molecule has 9 heteroatoms. The van der Waals surface area contributed by atoms with E-state index < -0.39 is 17.8 Å². The number of amides is 1. The number of hydrogen-bond acceptors (Lipinski definition) is 5. The van der Waals surface area contributed by atoms with Crippen LogP contribution >= 0.6 is 0 Å². The molecule has 4 rings (SSSR count). The molecule has 2 heterocycles. The first-order chi connectivity index (χ1) is 14.8. The van der Waals surface area contributed by atoms with Gasteiger partial charge >= 0.3 is 6.18 Å². The van der Waals surface area contributed by atoms with E-state index in [1.807, 2.05) is 18.2 Å². The molecule has 4 N–H and O–H groups in total. The number of fused-ring (bicyclic) bond motifs is 1. The van der Waals surface area contributed by atoms with Gasteiger partial charge in [-0.05, 0) is 35.7 Å². The van der Waals surface area contributed by atoms with Crippen molar-refractivity contribution in [2.75, 3.05) is 17.2 Å². The molecule has 0 aliphatic carbocycles. The second kappa shape index (κ2) is 8.35. The SMILES string of the molecule is NC(CNc1cncc(-c2ccc3c(c2)CC(=O)N3)n1)Cc1ccccc1C(F)(F)F. The molecule has 6 nitrogen and oxygen atoms in total. The van der Waals surface area contributed by atoms with Crippen LogP contribution in [0.15, 0.2) is 54.9 Å².